The van der Waals surface area contributed by atoms with Gasteiger partial charge in [-0.1, -0.05) is 96.0 Å². The smallest absolute Gasteiger partial charge is 0.407 e. The van der Waals surface area contributed by atoms with Crippen LogP contribution < -0.4 is 5.32 Å². The number of carbonyl (C=O) groups is 3. The number of alkyl carbamates (subject to hydrolysis) is 1. The lowest BCUT2D eigenvalue weighted by molar-refractivity contribution is -0.139. The van der Waals surface area contributed by atoms with Crippen LogP contribution in [-0.4, -0.2) is 86.6 Å². The van der Waals surface area contributed by atoms with Crippen LogP contribution in [0.15, 0.2) is 60.9 Å². The van der Waals surface area contributed by atoms with Crippen LogP contribution in [0, 0.1) is 29.1 Å². The molecule has 3 N–H and O–H groups in total. The van der Waals surface area contributed by atoms with E-state index in [9.17, 15) is 14.4 Å². The van der Waals surface area contributed by atoms with E-state index in [1.54, 1.807) is 0 Å². The molecule has 1 spiro atoms. The monoisotopic (exact) mass is 1040 g/mol. The Morgan fingerprint density at radius 3 is 1.76 bits per heavy atom. The van der Waals surface area contributed by atoms with Crippen LogP contribution in [-0.2, 0) is 19.1 Å². The third kappa shape index (κ3) is 12.8. The molecule has 4 aliphatic rings. The number of aromatic amines is 2. The van der Waals surface area contributed by atoms with E-state index in [0.29, 0.717) is 12.5 Å². The van der Waals surface area contributed by atoms with Gasteiger partial charge < -0.3 is 34.6 Å². The zero-order chi connectivity index (χ0) is 41.4. The molecular formula is C47H75N7O5S7. The van der Waals surface area contributed by atoms with Gasteiger partial charge in [0.15, 0.2) is 0 Å². The number of methoxy groups -OCH3 is 1. The first-order valence-corrected chi connectivity index (χ1v) is 21.8. The molecule has 1 aliphatic carbocycles. The zero-order valence-electron chi connectivity index (χ0n) is 39.0. The van der Waals surface area contributed by atoms with Crippen molar-refractivity contribution in [3.63, 3.8) is 0 Å². The van der Waals surface area contributed by atoms with Gasteiger partial charge in [-0.15, -0.1) is 0 Å². The molecule has 3 amide bonds. The maximum atomic E-state index is 14.2. The van der Waals surface area contributed by atoms with E-state index < -0.39 is 12.1 Å². The highest BCUT2D eigenvalue weighted by molar-refractivity contribution is 7.60. The number of benzene rings is 2. The summed E-state index contributed by atoms with van der Waals surface area (Å²) in [7, 11) is 1.32. The number of fused-ring (bicyclic) bond motifs is 1. The Bertz CT molecular complexity index is 2130. The Labute approximate surface area is 440 Å². The SMILES string of the molecule is COC(=O)N[C@H](C(=O)N1[C@H](c2ncc(-c3ccc(-c4ccc(-c5cnc([C@@H]6C[C@@]7(CCCOC7)CN6C(=O)[C@@H](C)C(C)C)[nH]5)cc4)cc3)[nH]2)C[C@@H]2CCCC[C@@H]21)C(C)C.S.S.S.S.S.S.S. The van der Waals surface area contributed by atoms with Gasteiger partial charge in [0.05, 0.1) is 49.6 Å². The molecule has 8 rings (SSSR count). The van der Waals surface area contributed by atoms with Crippen molar-refractivity contribution in [1.82, 2.24) is 35.1 Å². The maximum Gasteiger partial charge on any atom is 0.407 e. The van der Waals surface area contributed by atoms with Crippen molar-refractivity contribution in [1.29, 1.82) is 0 Å². The molecule has 4 aromatic rings. The lowest BCUT2D eigenvalue weighted by atomic mass is 9.80. The van der Waals surface area contributed by atoms with Gasteiger partial charge >= 0.3 is 6.09 Å². The average molecular weight is 1040 g/mol. The van der Waals surface area contributed by atoms with Gasteiger partial charge in [-0.05, 0) is 78.5 Å². The van der Waals surface area contributed by atoms with Crippen molar-refractivity contribution in [3.05, 3.63) is 72.6 Å². The van der Waals surface area contributed by atoms with Crippen LogP contribution in [0.5, 0.6) is 0 Å². The Hall–Kier alpha value is -2.52. The van der Waals surface area contributed by atoms with Crippen LogP contribution >= 0.6 is 94.5 Å². The van der Waals surface area contributed by atoms with E-state index in [0.717, 1.165) is 103 Å². The number of nitrogens with one attached hydrogen (secondary N) is 3. The molecule has 7 atom stereocenters. The molecular weight excluding hydrogens is 967 g/mol. The van der Waals surface area contributed by atoms with Crippen molar-refractivity contribution in [2.45, 2.75) is 110 Å². The molecule has 0 bridgehead atoms. The zero-order valence-corrected chi connectivity index (χ0v) is 46.0. The van der Waals surface area contributed by atoms with Gasteiger partial charge in [-0.3, -0.25) is 9.59 Å². The molecule has 4 fully saturated rings. The minimum Gasteiger partial charge on any atom is -0.453 e. The molecule has 19 heteroatoms. The number of ether oxygens (including phenoxy) is 2. The van der Waals surface area contributed by atoms with Crippen LogP contribution in [0.4, 0.5) is 4.79 Å². The third-order valence-corrected chi connectivity index (χ3v) is 13.9. The quantitative estimate of drug-likeness (QED) is 0.144. The number of rotatable bonds is 10. The molecule has 66 heavy (non-hydrogen) atoms. The molecule has 1 saturated carbocycles. The van der Waals surface area contributed by atoms with Crippen LogP contribution in [0.3, 0.4) is 0 Å². The van der Waals surface area contributed by atoms with Crippen molar-refractivity contribution < 1.29 is 23.9 Å². The standard InChI is InChI=1S/C47H61N7O5.7H2S/c1-28(2)30(5)44(55)53-26-47(20-9-21-59-27-47)23-40(53)43-49-25-37(51-43)34-18-14-32(15-19-34)31-12-16-33(17-13-31)36-24-48-42(50-36)39-22-35-10-7-8-11-38(35)54(39)45(56)41(29(3)4)52-46(57)58-6;;;;;;;/h12-19,24-25,28-30,35,38-41H,7-11,20-23,26-27H2,1-6H3,(H,48,50)(H,49,51)(H,52,57);7*1H2/t30-,35-,38-,39-,40-,41-,47-;;;;;;;/m0......./s1. The van der Waals surface area contributed by atoms with Gasteiger partial charge in [0.25, 0.3) is 0 Å². The summed E-state index contributed by atoms with van der Waals surface area (Å²) in [6.45, 7) is 12.4. The minimum absolute atomic E-state index is 0. The summed E-state index contributed by atoms with van der Waals surface area (Å²) < 4.78 is 10.8. The molecule has 370 valence electrons. The summed E-state index contributed by atoms with van der Waals surface area (Å²) in [5.41, 5.74) is 6.06. The van der Waals surface area contributed by atoms with Gasteiger partial charge in [0, 0.05) is 30.5 Å². The van der Waals surface area contributed by atoms with E-state index in [1.165, 1.54) is 13.5 Å². The first-order valence-electron chi connectivity index (χ1n) is 21.8. The van der Waals surface area contributed by atoms with Gasteiger partial charge in [-0.25, -0.2) is 14.8 Å². The predicted octanol–water partition coefficient (Wildman–Crippen LogP) is 9.50. The topological polar surface area (TPSA) is 146 Å². The number of hydrogen-bond donors (Lipinski definition) is 3. The molecule has 0 radical (unpaired) electrons. The number of likely N-dealkylation sites (tertiary alicyclic amines) is 2. The maximum absolute atomic E-state index is 14.2. The first-order chi connectivity index (χ1) is 28.4. The normalized spacial score (nSPS) is 22.7. The number of imidazole rings is 2. The predicted molar refractivity (Wildman–Crippen MR) is 299 cm³/mol. The van der Waals surface area contributed by atoms with E-state index in [-0.39, 0.29) is 148 Å². The fourth-order valence-corrected chi connectivity index (χ4v) is 10.1. The molecule has 3 saturated heterocycles. The number of carbonyl (C=O) groups excluding carboxylic acids is 3. The van der Waals surface area contributed by atoms with E-state index in [4.69, 9.17) is 19.4 Å². The van der Waals surface area contributed by atoms with E-state index in [1.807, 2.05) is 38.1 Å². The summed E-state index contributed by atoms with van der Waals surface area (Å²) in [6.07, 6.45) is 11.3. The highest BCUT2D eigenvalue weighted by Crippen LogP contribution is 2.49. The third-order valence-electron chi connectivity index (χ3n) is 13.9. The van der Waals surface area contributed by atoms with Gasteiger partial charge in [0.1, 0.15) is 17.7 Å². The van der Waals surface area contributed by atoms with Crippen molar-refractivity contribution in [3.8, 4) is 33.6 Å². The summed E-state index contributed by atoms with van der Waals surface area (Å²) in [5, 5.41) is 2.80. The second kappa shape index (κ2) is 26.5. The fraction of sp³-hybridized carbons (Fsp3) is 0.553. The summed E-state index contributed by atoms with van der Waals surface area (Å²) >= 11 is 0. The van der Waals surface area contributed by atoms with Crippen LogP contribution in [0.25, 0.3) is 33.6 Å². The van der Waals surface area contributed by atoms with Crippen LogP contribution in [0.2, 0.25) is 0 Å². The van der Waals surface area contributed by atoms with E-state index >= 15 is 0 Å². The number of nitrogens with zero attached hydrogens (tertiary/aromatic N) is 4. The summed E-state index contributed by atoms with van der Waals surface area (Å²) in [6, 6.07) is 16.1. The molecule has 12 nitrogen and oxygen atoms in total. The summed E-state index contributed by atoms with van der Waals surface area (Å²) in [4.78, 5) is 61.2. The molecule has 2 aromatic carbocycles. The lowest BCUT2D eigenvalue weighted by Gasteiger charge is -2.36. The highest BCUT2D eigenvalue weighted by Gasteiger charge is 2.50. The average Bonchev–Trinajstić information content (AvgIpc) is 4.08. The summed E-state index contributed by atoms with van der Waals surface area (Å²) in [5.74, 6) is 2.27. The second-order valence-corrected chi connectivity index (χ2v) is 18.4. The highest BCUT2D eigenvalue weighted by atomic mass is 32.1. The Kier molecular flexibility index (Phi) is 24.7. The minimum atomic E-state index is -0.679. The van der Waals surface area contributed by atoms with Gasteiger partial charge in [-0.2, -0.15) is 94.5 Å². The Balaban J connectivity index is 0.00000311. The first kappa shape index (κ1) is 61.5. The van der Waals surface area contributed by atoms with Crippen molar-refractivity contribution >= 4 is 112 Å². The molecule has 3 aliphatic heterocycles. The lowest BCUT2D eigenvalue weighted by Crippen LogP contribution is -2.53. The van der Waals surface area contributed by atoms with Crippen molar-refractivity contribution in [2.75, 3.05) is 26.9 Å². The van der Waals surface area contributed by atoms with E-state index in [2.05, 4.69) is 82.6 Å². The van der Waals surface area contributed by atoms with Crippen LogP contribution in [0.1, 0.15) is 110 Å². The van der Waals surface area contributed by atoms with Crippen molar-refractivity contribution in [2.24, 2.45) is 29.1 Å². The fourth-order valence-electron chi connectivity index (χ4n) is 10.1. The molecule has 2 aromatic heterocycles. The molecule has 0 unspecified atom stereocenters. The molecule has 5 heterocycles. The number of hydrogen-bond acceptors (Lipinski definition) is 7. The number of H-pyrrole nitrogens is 2. The number of amides is 3. The second-order valence-electron chi connectivity index (χ2n) is 18.4. The Morgan fingerprint density at radius 1 is 0.727 bits per heavy atom. The number of aromatic nitrogens is 4. The van der Waals surface area contributed by atoms with Gasteiger partial charge in [0.2, 0.25) is 11.8 Å². The largest absolute Gasteiger partial charge is 0.453 e. The Morgan fingerprint density at radius 2 is 1.26 bits per heavy atom.